The standard InChI is InChI=1S/C13H15N3O2S2/c1-3-5-19-6-4-14-10-7-11-13(20-9(2)15-11)8-12(10)16(17)18/h3,7-8,14H,1,4-6H2,2H3. The highest BCUT2D eigenvalue weighted by atomic mass is 32.2. The van der Waals surface area contributed by atoms with Gasteiger partial charge >= 0.3 is 0 Å². The molecule has 0 aliphatic heterocycles. The van der Waals surface area contributed by atoms with Gasteiger partial charge in [-0.1, -0.05) is 6.08 Å². The van der Waals surface area contributed by atoms with Crippen LogP contribution in [0.5, 0.6) is 0 Å². The van der Waals surface area contributed by atoms with Crippen LogP contribution in [0.4, 0.5) is 11.4 Å². The summed E-state index contributed by atoms with van der Waals surface area (Å²) in [4.78, 5) is 15.2. The lowest BCUT2D eigenvalue weighted by Gasteiger charge is -2.06. The maximum absolute atomic E-state index is 11.1. The Morgan fingerprint density at radius 2 is 2.40 bits per heavy atom. The molecule has 1 N–H and O–H groups in total. The van der Waals surface area contributed by atoms with Gasteiger partial charge < -0.3 is 5.32 Å². The molecule has 0 bridgehead atoms. The Labute approximate surface area is 125 Å². The van der Waals surface area contributed by atoms with E-state index in [0.717, 1.165) is 26.7 Å². The van der Waals surface area contributed by atoms with Crippen LogP contribution >= 0.6 is 23.1 Å². The van der Waals surface area contributed by atoms with Gasteiger partial charge in [0.05, 0.1) is 20.1 Å². The molecule has 0 unspecified atom stereocenters. The molecular weight excluding hydrogens is 294 g/mol. The number of aryl methyl sites for hydroxylation is 1. The molecule has 7 heteroatoms. The molecule has 1 aromatic heterocycles. The second-order valence-electron chi connectivity index (χ2n) is 4.12. The average Bonchev–Trinajstić information content (AvgIpc) is 2.76. The van der Waals surface area contributed by atoms with Crippen LogP contribution in [0, 0.1) is 17.0 Å². The van der Waals surface area contributed by atoms with Crippen LogP contribution in [0.1, 0.15) is 5.01 Å². The number of rotatable bonds is 7. The number of thioether (sulfide) groups is 1. The maximum atomic E-state index is 11.1. The molecule has 20 heavy (non-hydrogen) atoms. The molecule has 0 amide bonds. The SMILES string of the molecule is C=CCSCCNc1cc2nc(C)sc2cc1[N+](=O)[O-]. The number of nitro groups is 1. The van der Waals surface area contributed by atoms with Crippen molar-refractivity contribution in [2.24, 2.45) is 0 Å². The van der Waals surface area contributed by atoms with E-state index in [1.807, 2.05) is 13.0 Å². The van der Waals surface area contributed by atoms with E-state index < -0.39 is 0 Å². The zero-order valence-corrected chi connectivity index (χ0v) is 12.7. The Kier molecular flexibility index (Phi) is 4.97. The molecule has 5 nitrogen and oxygen atoms in total. The van der Waals surface area contributed by atoms with Crippen molar-refractivity contribution >= 4 is 44.7 Å². The van der Waals surface area contributed by atoms with E-state index in [1.54, 1.807) is 23.9 Å². The smallest absolute Gasteiger partial charge is 0.293 e. The second-order valence-corrected chi connectivity index (χ2v) is 6.50. The number of hydrogen-bond donors (Lipinski definition) is 1. The van der Waals surface area contributed by atoms with Gasteiger partial charge in [-0.25, -0.2) is 4.98 Å². The normalized spacial score (nSPS) is 10.7. The lowest BCUT2D eigenvalue weighted by molar-refractivity contribution is -0.383. The van der Waals surface area contributed by atoms with E-state index >= 15 is 0 Å². The van der Waals surface area contributed by atoms with Gasteiger partial charge in [-0.15, -0.1) is 17.9 Å². The maximum Gasteiger partial charge on any atom is 0.293 e. The molecule has 2 aromatic rings. The van der Waals surface area contributed by atoms with Gasteiger partial charge in [0.25, 0.3) is 5.69 Å². The highest BCUT2D eigenvalue weighted by Crippen LogP contribution is 2.32. The highest BCUT2D eigenvalue weighted by molar-refractivity contribution is 7.99. The van der Waals surface area contributed by atoms with Crippen LogP contribution in [0.15, 0.2) is 24.8 Å². The zero-order chi connectivity index (χ0) is 14.5. The van der Waals surface area contributed by atoms with Gasteiger partial charge in [0.1, 0.15) is 5.69 Å². The summed E-state index contributed by atoms with van der Waals surface area (Å²) in [6.45, 7) is 6.23. The molecule has 0 spiro atoms. The Balaban J connectivity index is 2.18. The van der Waals surface area contributed by atoms with Crippen molar-refractivity contribution in [2.45, 2.75) is 6.92 Å². The number of aromatic nitrogens is 1. The highest BCUT2D eigenvalue weighted by Gasteiger charge is 2.16. The van der Waals surface area contributed by atoms with Gasteiger partial charge in [0.2, 0.25) is 0 Å². The third kappa shape index (κ3) is 3.49. The number of nitrogens with zero attached hydrogens (tertiary/aromatic N) is 2. The summed E-state index contributed by atoms with van der Waals surface area (Å²) < 4.78 is 0.848. The van der Waals surface area contributed by atoms with E-state index in [2.05, 4.69) is 16.9 Å². The van der Waals surface area contributed by atoms with Crippen LogP contribution < -0.4 is 5.32 Å². The van der Waals surface area contributed by atoms with Crippen molar-refractivity contribution in [2.75, 3.05) is 23.4 Å². The fourth-order valence-corrected chi connectivity index (χ4v) is 3.22. The van der Waals surface area contributed by atoms with Crippen molar-refractivity contribution in [3.63, 3.8) is 0 Å². The number of fused-ring (bicyclic) bond motifs is 1. The van der Waals surface area contributed by atoms with Crippen LogP contribution in [0.25, 0.3) is 10.2 Å². The molecule has 0 aliphatic carbocycles. The van der Waals surface area contributed by atoms with E-state index in [4.69, 9.17) is 0 Å². The van der Waals surface area contributed by atoms with Gasteiger partial charge in [0.15, 0.2) is 0 Å². The molecule has 1 heterocycles. The molecule has 0 aliphatic rings. The van der Waals surface area contributed by atoms with Gasteiger partial charge in [-0.2, -0.15) is 11.8 Å². The summed E-state index contributed by atoms with van der Waals surface area (Å²) in [7, 11) is 0. The van der Waals surface area contributed by atoms with Gasteiger partial charge in [-0.05, 0) is 13.0 Å². The average molecular weight is 309 g/mol. The number of anilines is 1. The van der Waals surface area contributed by atoms with E-state index in [-0.39, 0.29) is 10.6 Å². The molecule has 0 fully saturated rings. The summed E-state index contributed by atoms with van der Waals surface area (Å²) in [5, 5.41) is 15.2. The molecule has 2 rings (SSSR count). The van der Waals surface area contributed by atoms with Crippen molar-refractivity contribution in [3.8, 4) is 0 Å². The number of benzene rings is 1. The minimum atomic E-state index is -0.353. The Morgan fingerprint density at radius 3 is 3.10 bits per heavy atom. The molecular formula is C13H15N3O2S2. The first-order valence-electron chi connectivity index (χ1n) is 6.10. The summed E-state index contributed by atoms with van der Waals surface area (Å²) in [5.74, 6) is 1.76. The quantitative estimate of drug-likeness (QED) is 0.364. The fraction of sp³-hybridized carbons (Fsp3) is 0.308. The number of nitro benzene ring substituents is 1. The van der Waals surface area contributed by atoms with Crippen LogP contribution in [0.3, 0.4) is 0 Å². The topological polar surface area (TPSA) is 68.1 Å². The monoisotopic (exact) mass is 309 g/mol. The number of thiazole rings is 1. The zero-order valence-electron chi connectivity index (χ0n) is 11.1. The van der Waals surface area contributed by atoms with E-state index in [0.29, 0.717) is 12.2 Å². The van der Waals surface area contributed by atoms with Crippen LogP contribution in [-0.2, 0) is 0 Å². The second kappa shape index (κ2) is 6.71. The lowest BCUT2D eigenvalue weighted by Crippen LogP contribution is -2.06. The first-order valence-corrected chi connectivity index (χ1v) is 8.07. The van der Waals surface area contributed by atoms with Crippen molar-refractivity contribution < 1.29 is 4.92 Å². The number of hydrogen-bond acceptors (Lipinski definition) is 6. The Morgan fingerprint density at radius 1 is 1.60 bits per heavy atom. The van der Waals surface area contributed by atoms with E-state index in [9.17, 15) is 10.1 Å². The van der Waals surface area contributed by atoms with Crippen LogP contribution in [0.2, 0.25) is 0 Å². The number of nitrogens with one attached hydrogen (secondary N) is 1. The minimum Gasteiger partial charge on any atom is -0.379 e. The molecule has 0 saturated heterocycles. The third-order valence-electron chi connectivity index (χ3n) is 2.61. The minimum absolute atomic E-state index is 0.106. The fourth-order valence-electron chi connectivity index (χ4n) is 1.80. The summed E-state index contributed by atoms with van der Waals surface area (Å²) in [5.41, 5.74) is 1.45. The van der Waals surface area contributed by atoms with Crippen molar-refractivity contribution in [3.05, 3.63) is 39.9 Å². The molecule has 0 saturated carbocycles. The predicted octanol–water partition coefficient (Wildman–Crippen LogP) is 3.84. The van der Waals surface area contributed by atoms with Crippen molar-refractivity contribution in [1.82, 2.24) is 4.98 Å². The molecule has 0 radical (unpaired) electrons. The van der Waals surface area contributed by atoms with Crippen LogP contribution in [-0.4, -0.2) is 28.0 Å². The Bertz CT molecular complexity index is 640. The first kappa shape index (κ1) is 14.8. The summed E-state index contributed by atoms with van der Waals surface area (Å²) >= 11 is 3.20. The molecule has 1 aromatic carbocycles. The van der Waals surface area contributed by atoms with Gasteiger partial charge in [0, 0.05) is 24.1 Å². The third-order valence-corrected chi connectivity index (χ3v) is 4.50. The molecule has 0 atom stereocenters. The summed E-state index contributed by atoms with van der Waals surface area (Å²) in [6.07, 6.45) is 1.84. The molecule has 106 valence electrons. The lowest BCUT2D eigenvalue weighted by atomic mass is 10.2. The summed E-state index contributed by atoms with van der Waals surface area (Å²) in [6, 6.07) is 3.36. The Hall–Kier alpha value is -1.60. The van der Waals surface area contributed by atoms with E-state index in [1.165, 1.54) is 11.3 Å². The predicted molar refractivity (Wildman–Crippen MR) is 87.0 cm³/mol. The first-order chi connectivity index (χ1) is 9.61. The van der Waals surface area contributed by atoms with Gasteiger partial charge in [-0.3, -0.25) is 10.1 Å². The largest absolute Gasteiger partial charge is 0.379 e. The van der Waals surface area contributed by atoms with Crippen molar-refractivity contribution in [1.29, 1.82) is 0 Å².